The van der Waals surface area contributed by atoms with E-state index in [2.05, 4.69) is 15.5 Å². The van der Waals surface area contributed by atoms with Gasteiger partial charge in [0.15, 0.2) is 5.78 Å². The smallest absolute Gasteiger partial charge is 0.242 e. The Kier molecular flexibility index (Phi) is 3.82. The number of piperidine rings is 1. The van der Waals surface area contributed by atoms with E-state index in [9.17, 15) is 14.4 Å². The maximum atomic E-state index is 13.2. The molecule has 5 heterocycles. The first kappa shape index (κ1) is 18.5. The van der Waals surface area contributed by atoms with Gasteiger partial charge in [0.1, 0.15) is 21.6 Å². The number of hydrogen-bond acceptors (Lipinski definition) is 8. The summed E-state index contributed by atoms with van der Waals surface area (Å²) in [7, 11) is 0. The van der Waals surface area contributed by atoms with Gasteiger partial charge in [-0.1, -0.05) is 16.8 Å². The average Bonchev–Trinajstić information content (AvgIpc) is 3.00. The molecule has 10 heteroatoms. The monoisotopic (exact) mass is 418 g/mol. The Hall–Kier alpha value is -2.52. The summed E-state index contributed by atoms with van der Waals surface area (Å²) in [5.74, 6) is -1.61. The fourth-order valence-electron chi connectivity index (χ4n) is 5.06. The van der Waals surface area contributed by atoms with Crippen molar-refractivity contribution in [1.29, 1.82) is 0 Å². The fraction of sp³-hybridized carbons (Fsp3) is 0.526. The first-order valence-corrected chi connectivity index (χ1v) is 9.86. The predicted octanol–water partition coefficient (Wildman–Crippen LogP) is 1.32. The van der Waals surface area contributed by atoms with Gasteiger partial charge in [-0.15, -0.1) is 0 Å². The molecule has 0 aliphatic carbocycles. The summed E-state index contributed by atoms with van der Waals surface area (Å²) in [4.78, 5) is 44.8. The number of anilines is 1. The highest BCUT2D eigenvalue weighted by Crippen LogP contribution is 2.50. The molecule has 1 N–H and O–H groups in total. The second-order valence-corrected chi connectivity index (χ2v) is 8.42. The molecule has 0 aromatic carbocycles. The van der Waals surface area contributed by atoms with Crippen LogP contribution in [0.4, 0.5) is 5.69 Å². The maximum Gasteiger partial charge on any atom is 0.242 e. The molecular formula is C19H19ClN4O5. The highest BCUT2D eigenvalue weighted by molar-refractivity contribution is 6.37. The van der Waals surface area contributed by atoms with Crippen LogP contribution >= 0.6 is 11.6 Å². The molecular weight excluding hydrogens is 400 g/mol. The summed E-state index contributed by atoms with van der Waals surface area (Å²) >= 11 is 6.72. The minimum Gasteiger partial charge on any atom is -0.372 e. The van der Waals surface area contributed by atoms with Crippen molar-refractivity contribution >= 4 is 46.0 Å². The van der Waals surface area contributed by atoms with Crippen LogP contribution in [-0.2, 0) is 25.5 Å². The SMILES string of the molecule is Cc1noc2c(Cl)c3c(nc12)CC1(C(=O)CC(=O)NC1=O)[C@H]1[C@H](C)O[C@H](C)CN31. The van der Waals surface area contributed by atoms with Gasteiger partial charge < -0.3 is 14.2 Å². The molecule has 2 saturated heterocycles. The van der Waals surface area contributed by atoms with Gasteiger partial charge in [-0.25, -0.2) is 4.98 Å². The van der Waals surface area contributed by atoms with E-state index in [4.69, 9.17) is 20.9 Å². The van der Waals surface area contributed by atoms with Crippen molar-refractivity contribution in [3.8, 4) is 0 Å². The van der Waals surface area contributed by atoms with Crippen LogP contribution in [0.5, 0.6) is 0 Å². The fourth-order valence-corrected chi connectivity index (χ4v) is 5.40. The number of carbonyl (C=O) groups excluding carboxylic acids is 3. The first-order chi connectivity index (χ1) is 13.7. The molecule has 152 valence electrons. The normalized spacial score (nSPS) is 31.8. The average molecular weight is 419 g/mol. The molecule has 29 heavy (non-hydrogen) atoms. The lowest BCUT2D eigenvalue weighted by Gasteiger charge is -2.55. The lowest BCUT2D eigenvalue weighted by molar-refractivity contribution is -0.158. The number of nitrogens with one attached hydrogen (secondary N) is 1. The number of halogens is 1. The van der Waals surface area contributed by atoms with E-state index in [-0.39, 0.29) is 18.9 Å². The third-order valence-corrected chi connectivity index (χ3v) is 6.51. The molecule has 2 aromatic rings. The molecule has 3 aliphatic rings. The zero-order chi connectivity index (χ0) is 20.7. The zero-order valence-corrected chi connectivity index (χ0v) is 16.9. The second-order valence-electron chi connectivity index (χ2n) is 8.04. The predicted molar refractivity (Wildman–Crippen MR) is 102 cm³/mol. The van der Waals surface area contributed by atoms with Crippen LogP contribution in [0, 0.1) is 12.3 Å². The Morgan fingerprint density at radius 1 is 1.28 bits per heavy atom. The lowest BCUT2D eigenvalue weighted by atomic mass is 9.64. The van der Waals surface area contributed by atoms with Crippen LogP contribution in [0.15, 0.2) is 4.52 Å². The molecule has 9 nitrogen and oxygen atoms in total. The zero-order valence-electron chi connectivity index (χ0n) is 16.1. The number of imide groups is 1. The van der Waals surface area contributed by atoms with Crippen LogP contribution in [0.1, 0.15) is 31.7 Å². The third-order valence-electron chi connectivity index (χ3n) is 6.16. The third kappa shape index (κ3) is 2.34. The van der Waals surface area contributed by atoms with E-state index < -0.39 is 35.2 Å². The number of hydrogen-bond donors (Lipinski definition) is 1. The number of ketones is 1. The molecule has 1 unspecified atom stereocenters. The van der Waals surface area contributed by atoms with Crippen LogP contribution in [0.25, 0.3) is 11.1 Å². The topological polar surface area (TPSA) is 115 Å². The quantitative estimate of drug-likeness (QED) is 0.503. The number of fused-ring (bicyclic) bond motifs is 5. The first-order valence-electron chi connectivity index (χ1n) is 9.48. The van der Waals surface area contributed by atoms with Crippen molar-refractivity contribution in [2.45, 2.75) is 51.9 Å². The van der Waals surface area contributed by atoms with Gasteiger partial charge in [0, 0.05) is 13.0 Å². The van der Waals surface area contributed by atoms with E-state index in [0.717, 1.165) is 0 Å². The molecule has 3 aliphatic heterocycles. The molecule has 1 spiro atoms. The Balaban J connectivity index is 1.79. The van der Waals surface area contributed by atoms with E-state index in [1.165, 1.54) is 0 Å². The summed E-state index contributed by atoms with van der Waals surface area (Å²) in [6, 6.07) is -0.618. The largest absolute Gasteiger partial charge is 0.372 e. The van der Waals surface area contributed by atoms with Crippen LogP contribution < -0.4 is 10.2 Å². The van der Waals surface area contributed by atoms with E-state index in [1.807, 2.05) is 18.7 Å². The Morgan fingerprint density at radius 2 is 2.03 bits per heavy atom. The van der Waals surface area contributed by atoms with Gasteiger partial charge in [0.25, 0.3) is 0 Å². The summed E-state index contributed by atoms with van der Waals surface area (Å²) in [6.07, 6.45) is -0.923. The number of Topliss-reactive ketones (excluding diaryl/α,β-unsaturated/α-hetero) is 1. The molecule has 2 fully saturated rings. The Morgan fingerprint density at radius 3 is 2.76 bits per heavy atom. The summed E-state index contributed by atoms with van der Waals surface area (Å²) in [6.45, 7) is 5.91. The molecule has 0 radical (unpaired) electrons. The minimum absolute atomic E-state index is 0.0316. The van der Waals surface area contributed by atoms with Crippen molar-refractivity contribution in [2.24, 2.45) is 5.41 Å². The van der Waals surface area contributed by atoms with Gasteiger partial charge in [-0.3, -0.25) is 19.7 Å². The van der Waals surface area contributed by atoms with Crippen LogP contribution in [0.3, 0.4) is 0 Å². The molecule has 2 aromatic heterocycles. The van der Waals surface area contributed by atoms with Crippen LogP contribution in [-0.4, -0.2) is 52.5 Å². The summed E-state index contributed by atoms with van der Waals surface area (Å²) in [5, 5.41) is 6.65. The molecule has 4 atom stereocenters. The Bertz CT molecular complexity index is 1080. The van der Waals surface area contributed by atoms with Crippen molar-refractivity contribution in [1.82, 2.24) is 15.5 Å². The van der Waals surface area contributed by atoms with Gasteiger partial charge in [0.2, 0.25) is 17.4 Å². The number of aromatic nitrogens is 2. The number of nitrogens with zero attached hydrogens (tertiary/aromatic N) is 3. The van der Waals surface area contributed by atoms with Gasteiger partial charge in [-0.2, -0.15) is 0 Å². The summed E-state index contributed by atoms with van der Waals surface area (Å²) in [5.41, 5.74) is 1.11. The number of aryl methyl sites for hydroxylation is 1. The molecule has 0 saturated carbocycles. The number of pyridine rings is 1. The van der Waals surface area contributed by atoms with Gasteiger partial charge in [0.05, 0.1) is 36.1 Å². The number of carbonyl (C=O) groups is 3. The summed E-state index contributed by atoms with van der Waals surface area (Å²) < 4.78 is 11.4. The van der Waals surface area contributed by atoms with Gasteiger partial charge in [-0.05, 0) is 20.8 Å². The van der Waals surface area contributed by atoms with E-state index in [1.54, 1.807) is 6.92 Å². The van der Waals surface area contributed by atoms with Crippen molar-refractivity contribution in [2.75, 3.05) is 11.4 Å². The van der Waals surface area contributed by atoms with Crippen LogP contribution in [0.2, 0.25) is 5.02 Å². The highest BCUT2D eigenvalue weighted by Gasteiger charge is 2.63. The molecule has 5 rings (SSSR count). The number of morpholine rings is 1. The minimum atomic E-state index is -1.48. The molecule has 0 bridgehead atoms. The maximum absolute atomic E-state index is 13.2. The number of rotatable bonds is 0. The van der Waals surface area contributed by atoms with Crippen molar-refractivity contribution in [3.63, 3.8) is 0 Å². The number of amides is 2. The molecule has 2 amide bonds. The van der Waals surface area contributed by atoms with E-state index in [0.29, 0.717) is 39.7 Å². The number of ether oxygens (including phenoxy) is 1. The van der Waals surface area contributed by atoms with Crippen molar-refractivity contribution in [3.05, 3.63) is 16.4 Å². The Labute approximate surface area is 170 Å². The van der Waals surface area contributed by atoms with Crippen molar-refractivity contribution < 1.29 is 23.6 Å². The highest BCUT2D eigenvalue weighted by atomic mass is 35.5. The van der Waals surface area contributed by atoms with Gasteiger partial charge >= 0.3 is 0 Å². The van der Waals surface area contributed by atoms with E-state index >= 15 is 0 Å². The lowest BCUT2D eigenvalue weighted by Crippen LogP contribution is -2.72. The second kappa shape index (κ2) is 5.99. The standard InChI is InChI=1S/C19H19ClN4O5/c1-7-6-24-15-10(21-14-8(2)23-29-16(14)13(15)20)5-19(17(24)9(3)28-7)11(25)4-12(26)22-18(19)27/h7,9,17H,4-6H2,1-3H3,(H,22,26,27)/t7-,9+,17-,19?/m1/s1.